The standard InChI is InChI=1S/C9H10F2N2O3/c1-16-9(15)5-3-13-8(14)6(7(10)11)4(5)2-12/h3,7H,2,12H2,1H3,(H,13,14). The van der Waals surface area contributed by atoms with E-state index in [0.29, 0.717) is 0 Å². The Kier molecular flexibility index (Phi) is 3.73. The van der Waals surface area contributed by atoms with Crippen molar-refractivity contribution in [3.63, 3.8) is 0 Å². The van der Waals surface area contributed by atoms with Crippen molar-refractivity contribution in [3.8, 4) is 0 Å². The zero-order chi connectivity index (χ0) is 12.3. The molecule has 0 aliphatic rings. The Balaban J connectivity index is 3.49. The van der Waals surface area contributed by atoms with Gasteiger partial charge in [-0.15, -0.1) is 0 Å². The fourth-order valence-electron chi connectivity index (χ4n) is 1.33. The number of halogens is 2. The molecule has 1 rings (SSSR count). The molecule has 0 bridgehead atoms. The van der Waals surface area contributed by atoms with Gasteiger partial charge >= 0.3 is 5.97 Å². The average molecular weight is 232 g/mol. The smallest absolute Gasteiger partial charge is 0.339 e. The van der Waals surface area contributed by atoms with E-state index in [1.165, 1.54) is 0 Å². The Morgan fingerprint density at radius 3 is 2.69 bits per heavy atom. The second-order valence-corrected chi connectivity index (χ2v) is 2.92. The molecule has 0 saturated carbocycles. The number of hydrogen-bond acceptors (Lipinski definition) is 4. The highest BCUT2D eigenvalue weighted by atomic mass is 19.3. The molecule has 0 spiro atoms. The van der Waals surface area contributed by atoms with Gasteiger partial charge in [0.15, 0.2) is 0 Å². The molecule has 0 aliphatic carbocycles. The summed E-state index contributed by atoms with van der Waals surface area (Å²) < 4.78 is 29.6. The van der Waals surface area contributed by atoms with Gasteiger partial charge in [0, 0.05) is 12.7 Å². The lowest BCUT2D eigenvalue weighted by atomic mass is 10.0. The molecule has 16 heavy (non-hydrogen) atoms. The van der Waals surface area contributed by atoms with Crippen molar-refractivity contribution in [2.24, 2.45) is 5.73 Å². The van der Waals surface area contributed by atoms with E-state index >= 15 is 0 Å². The minimum atomic E-state index is -2.99. The first-order valence-corrected chi connectivity index (χ1v) is 4.33. The third-order valence-corrected chi connectivity index (χ3v) is 2.07. The molecule has 0 aliphatic heterocycles. The van der Waals surface area contributed by atoms with E-state index in [2.05, 4.69) is 4.74 Å². The number of nitrogens with two attached hydrogens (primary N) is 1. The molecule has 1 aromatic rings. The van der Waals surface area contributed by atoms with Gasteiger partial charge in [0.05, 0.1) is 18.2 Å². The van der Waals surface area contributed by atoms with Crippen LogP contribution in [0, 0.1) is 0 Å². The summed E-state index contributed by atoms with van der Waals surface area (Å²) in [5.74, 6) is -0.821. The number of carbonyl (C=O) groups excluding carboxylic acids is 1. The summed E-state index contributed by atoms with van der Waals surface area (Å²) in [7, 11) is 1.11. The Morgan fingerprint density at radius 1 is 1.62 bits per heavy atom. The van der Waals surface area contributed by atoms with Gasteiger partial charge in [-0.2, -0.15) is 0 Å². The number of H-pyrrole nitrogens is 1. The number of alkyl halides is 2. The Hall–Kier alpha value is -1.76. The van der Waals surface area contributed by atoms with Crippen molar-refractivity contribution in [3.05, 3.63) is 33.2 Å². The molecule has 0 amide bonds. The number of nitrogens with one attached hydrogen (secondary N) is 1. The zero-order valence-corrected chi connectivity index (χ0v) is 8.42. The number of ether oxygens (including phenoxy) is 1. The van der Waals surface area contributed by atoms with Crippen LogP contribution in [0.3, 0.4) is 0 Å². The summed E-state index contributed by atoms with van der Waals surface area (Å²) in [5, 5.41) is 0. The number of rotatable bonds is 3. The van der Waals surface area contributed by atoms with Crippen molar-refractivity contribution in [1.82, 2.24) is 4.98 Å². The van der Waals surface area contributed by atoms with E-state index in [1.807, 2.05) is 4.98 Å². The molecule has 0 fully saturated rings. The van der Waals surface area contributed by atoms with Gasteiger partial charge in [0.1, 0.15) is 0 Å². The second-order valence-electron chi connectivity index (χ2n) is 2.92. The van der Waals surface area contributed by atoms with Crippen LogP contribution in [0.1, 0.15) is 27.9 Å². The van der Waals surface area contributed by atoms with E-state index in [9.17, 15) is 18.4 Å². The molecule has 0 unspecified atom stereocenters. The molecule has 1 aromatic heterocycles. The SMILES string of the molecule is COC(=O)c1c[nH]c(=O)c(C(F)F)c1CN. The maximum atomic E-state index is 12.6. The second kappa shape index (κ2) is 4.84. The average Bonchev–Trinajstić information content (AvgIpc) is 2.26. The predicted molar refractivity (Wildman–Crippen MR) is 51.3 cm³/mol. The summed E-state index contributed by atoms with van der Waals surface area (Å²) in [5.41, 5.74) is 3.17. The minimum absolute atomic E-state index is 0.153. The zero-order valence-electron chi connectivity index (χ0n) is 8.42. The van der Waals surface area contributed by atoms with Crippen LogP contribution in [0.15, 0.2) is 11.0 Å². The predicted octanol–water partition coefficient (Wildman–Crippen LogP) is 0.558. The van der Waals surface area contributed by atoms with Crippen LogP contribution in [-0.2, 0) is 11.3 Å². The van der Waals surface area contributed by atoms with Crippen LogP contribution in [0.4, 0.5) is 8.78 Å². The summed E-state index contributed by atoms with van der Waals surface area (Å²) in [6, 6.07) is 0. The normalized spacial score (nSPS) is 10.6. The van der Waals surface area contributed by atoms with E-state index in [-0.39, 0.29) is 17.7 Å². The lowest BCUT2D eigenvalue weighted by Crippen LogP contribution is -2.22. The topological polar surface area (TPSA) is 85.2 Å². The molecule has 5 nitrogen and oxygen atoms in total. The van der Waals surface area contributed by atoms with Crippen LogP contribution < -0.4 is 11.3 Å². The minimum Gasteiger partial charge on any atom is -0.465 e. The Labute approximate surface area is 89.2 Å². The van der Waals surface area contributed by atoms with Crippen molar-refractivity contribution in [2.45, 2.75) is 13.0 Å². The molecule has 0 radical (unpaired) electrons. The van der Waals surface area contributed by atoms with Crippen molar-refractivity contribution in [1.29, 1.82) is 0 Å². The van der Waals surface area contributed by atoms with Gasteiger partial charge in [-0.1, -0.05) is 0 Å². The molecule has 1 heterocycles. The van der Waals surface area contributed by atoms with Crippen LogP contribution in [0.2, 0.25) is 0 Å². The Morgan fingerprint density at radius 2 is 2.25 bits per heavy atom. The summed E-state index contributed by atoms with van der Waals surface area (Å²) in [4.78, 5) is 24.4. The highest BCUT2D eigenvalue weighted by Gasteiger charge is 2.22. The summed E-state index contributed by atoms with van der Waals surface area (Å²) >= 11 is 0. The quantitative estimate of drug-likeness (QED) is 0.745. The molecular formula is C9H10F2N2O3. The van der Waals surface area contributed by atoms with Gasteiger partial charge in [0.25, 0.3) is 12.0 Å². The van der Waals surface area contributed by atoms with Crippen molar-refractivity contribution < 1.29 is 18.3 Å². The maximum absolute atomic E-state index is 12.6. The van der Waals surface area contributed by atoms with Gasteiger partial charge in [-0.05, 0) is 5.56 Å². The highest BCUT2D eigenvalue weighted by Crippen LogP contribution is 2.21. The third-order valence-electron chi connectivity index (χ3n) is 2.07. The molecule has 0 atom stereocenters. The van der Waals surface area contributed by atoms with Crippen LogP contribution in [0.5, 0.6) is 0 Å². The van der Waals surface area contributed by atoms with Crippen LogP contribution in [0.25, 0.3) is 0 Å². The molecule has 88 valence electrons. The number of carbonyl (C=O) groups is 1. The maximum Gasteiger partial charge on any atom is 0.339 e. The molecule has 7 heteroatoms. The van der Waals surface area contributed by atoms with Crippen molar-refractivity contribution in [2.75, 3.05) is 7.11 Å². The number of aromatic amines is 1. The number of methoxy groups -OCH3 is 1. The van der Waals surface area contributed by atoms with E-state index in [0.717, 1.165) is 13.3 Å². The summed E-state index contributed by atoms with van der Waals surface area (Å²) in [6.07, 6.45) is -1.98. The van der Waals surface area contributed by atoms with Crippen molar-refractivity contribution >= 4 is 5.97 Å². The first-order valence-electron chi connectivity index (χ1n) is 4.33. The van der Waals surface area contributed by atoms with Crippen LogP contribution >= 0.6 is 0 Å². The largest absolute Gasteiger partial charge is 0.465 e. The van der Waals surface area contributed by atoms with Crippen LogP contribution in [-0.4, -0.2) is 18.1 Å². The number of hydrogen-bond donors (Lipinski definition) is 2. The van der Waals surface area contributed by atoms with Gasteiger partial charge in [0.2, 0.25) is 0 Å². The lowest BCUT2D eigenvalue weighted by molar-refractivity contribution is 0.0598. The highest BCUT2D eigenvalue weighted by molar-refractivity contribution is 5.91. The monoisotopic (exact) mass is 232 g/mol. The number of pyridine rings is 1. The summed E-state index contributed by atoms with van der Waals surface area (Å²) in [6.45, 7) is -0.339. The van der Waals surface area contributed by atoms with E-state index < -0.39 is 23.5 Å². The fraction of sp³-hybridized carbons (Fsp3) is 0.333. The molecule has 3 N–H and O–H groups in total. The van der Waals surface area contributed by atoms with Gasteiger partial charge < -0.3 is 15.5 Å². The fourth-order valence-corrected chi connectivity index (χ4v) is 1.33. The van der Waals surface area contributed by atoms with E-state index in [1.54, 1.807) is 0 Å². The molecule has 0 saturated heterocycles. The Bertz CT molecular complexity index is 457. The van der Waals surface area contributed by atoms with Gasteiger partial charge in [-0.3, -0.25) is 4.79 Å². The first kappa shape index (κ1) is 12.3. The molecule has 0 aromatic carbocycles. The third kappa shape index (κ3) is 2.08. The number of aromatic nitrogens is 1. The van der Waals surface area contributed by atoms with E-state index in [4.69, 9.17) is 5.73 Å². The molecular weight excluding hydrogens is 222 g/mol. The number of esters is 1. The van der Waals surface area contributed by atoms with Gasteiger partial charge in [-0.25, -0.2) is 13.6 Å². The first-order chi connectivity index (χ1) is 7.52. The lowest BCUT2D eigenvalue weighted by Gasteiger charge is -2.09.